The van der Waals surface area contributed by atoms with Gasteiger partial charge in [0.25, 0.3) is 15.1 Å². The number of rotatable bonds is 14. The van der Waals surface area contributed by atoms with E-state index >= 15 is 0 Å². The van der Waals surface area contributed by atoms with E-state index in [1.54, 1.807) is 11.8 Å². The minimum Gasteiger partial charge on any atom is -0.340 e. The molecule has 0 fully saturated rings. The van der Waals surface area contributed by atoms with Crippen molar-refractivity contribution in [2.45, 2.75) is 70.4 Å². The number of benzene rings is 4. The molecule has 9 rings (SSSR count). The first-order valence-corrected chi connectivity index (χ1v) is 24.5. The molecule has 0 amide bonds. The smallest absolute Gasteiger partial charge is 0.264 e. The Morgan fingerprint density at radius 1 is 0.850 bits per heavy atom. The van der Waals surface area contributed by atoms with Gasteiger partial charge in [0.1, 0.15) is 11.7 Å². The van der Waals surface area contributed by atoms with Gasteiger partial charge in [0.15, 0.2) is 0 Å². The number of hydrogen-bond donors (Lipinski definition) is 2. The zero-order valence-electron chi connectivity index (χ0n) is 34.2. The van der Waals surface area contributed by atoms with E-state index in [0.717, 1.165) is 61.1 Å². The molecular weight excluding hydrogens is 833 g/mol. The summed E-state index contributed by atoms with van der Waals surface area (Å²) in [5.74, 6) is 0.511. The van der Waals surface area contributed by atoms with Crippen LogP contribution in [0.2, 0.25) is 0 Å². The van der Waals surface area contributed by atoms with E-state index < -0.39 is 10.1 Å². The summed E-state index contributed by atoms with van der Waals surface area (Å²) in [4.78, 5) is 3.52. The van der Waals surface area contributed by atoms with Crippen LogP contribution < -0.4 is 9.47 Å². The lowest BCUT2D eigenvalue weighted by Gasteiger charge is -2.30. The summed E-state index contributed by atoms with van der Waals surface area (Å²) in [7, 11) is 0.366. The Bertz CT molecular complexity index is 3010. The van der Waals surface area contributed by atoms with Crippen LogP contribution in [0.1, 0.15) is 57.4 Å². The molecule has 2 aliphatic rings. The van der Waals surface area contributed by atoms with Gasteiger partial charge in [-0.25, -0.2) is 5.26 Å². The minimum absolute atomic E-state index is 0.0960. The Morgan fingerprint density at radius 3 is 2.22 bits per heavy atom. The van der Waals surface area contributed by atoms with Gasteiger partial charge < -0.3 is 14.0 Å². The molecule has 4 aromatic carbocycles. The predicted molar refractivity (Wildman–Crippen MR) is 249 cm³/mol. The number of thioether (sulfide) groups is 1. The van der Waals surface area contributed by atoms with Crippen molar-refractivity contribution in [3.8, 4) is 0 Å². The van der Waals surface area contributed by atoms with Crippen molar-refractivity contribution < 1.29 is 32.2 Å². The molecular formula is C46H49N4O6S4+. The van der Waals surface area contributed by atoms with Crippen molar-refractivity contribution >= 4 is 111 Å². The fourth-order valence-corrected chi connectivity index (χ4v) is 12.5. The zero-order chi connectivity index (χ0) is 41.8. The Balaban J connectivity index is 1.01. The molecule has 1 aliphatic heterocycles. The van der Waals surface area contributed by atoms with Crippen molar-refractivity contribution in [2.24, 2.45) is 12.5 Å². The highest BCUT2D eigenvalue weighted by Gasteiger charge is 2.30. The highest BCUT2D eigenvalue weighted by molar-refractivity contribution is 8.03. The molecule has 0 bridgehead atoms. The third kappa shape index (κ3) is 8.16. The van der Waals surface area contributed by atoms with Gasteiger partial charge in [0, 0.05) is 87.5 Å². The molecule has 1 aliphatic carbocycles. The number of anilines is 1. The minimum atomic E-state index is -3.98. The third-order valence-corrected chi connectivity index (χ3v) is 15.6. The molecule has 10 nitrogen and oxygen atoms in total. The molecule has 0 saturated heterocycles. The highest BCUT2D eigenvalue weighted by Crippen LogP contribution is 2.50. The zero-order valence-corrected chi connectivity index (χ0v) is 37.4. The van der Waals surface area contributed by atoms with Gasteiger partial charge in [-0.3, -0.25) is 4.55 Å². The molecule has 2 N–H and O–H groups in total. The quantitative estimate of drug-likeness (QED) is 0.0275. The molecule has 0 unspecified atom stereocenters. The van der Waals surface area contributed by atoms with Crippen LogP contribution in [0.3, 0.4) is 0 Å². The van der Waals surface area contributed by atoms with Gasteiger partial charge in [-0.05, 0) is 91.5 Å². The molecule has 312 valence electrons. The summed E-state index contributed by atoms with van der Waals surface area (Å²) in [6.45, 7) is 6.29. The standard InChI is InChI=1S/C46H48N4O6S4/c1-46(2)28-30(22-44-47(3)40-24-34-32-13-5-7-15-36(32)49(38(34)26-42(40)58-44)17-9-11-19-57-56-55-51)21-31(29-46)23-45-48(4)41-25-35-33-14-6-8-16-37(33)50(39(35)27-43(41)59-45)18-10-12-20-60(52,53)54/h5-8,13-16,21-27H,9-12,17-20,28-29H2,1-4H3,(H-,51,52,53,54)/p+1. The Hall–Kier alpha value is -4.12. The van der Waals surface area contributed by atoms with E-state index in [2.05, 4.69) is 141 Å². The van der Waals surface area contributed by atoms with E-state index in [1.165, 1.54) is 74.6 Å². The van der Waals surface area contributed by atoms with Crippen LogP contribution in [0.25, 0.3) is 59.9 Å². The van der Waals surface area contributed by atoms with Crippen LogP contribution in [0.15, 0.2) is 106 Å². The van der Waals surface area contributed by atoms with Gasteiger partial charge in [0.2, 0.25) is 5.52 Å². The van der Waals surface area contributed by atoms with Crippen molar-refractivity contribution in [3.63, 3.8) is 0 Å². The fraction of sp³-hybridized carbons (Fsp3) is 0.326. The Labute approximate surface area is 362 Å². The second-order valence-corrected chi connectivity index (χ2v) is 21.3. The van der Waals surface area contributed by atoms with Crippen LogP contribution in [0.4, 0.5) is 5.69 Å². The van der Waals surface area contributed by atoms with Crippen molar-refractivity contribution in [1.82, 2.24) is 9.13 Å². The lowest BCUT2D eigenvalue weighted by molar-refractivity contribution is -0.642. The monoisotopic (exact) mass is 881 g/mol. The normalized spacial score (nSPS) is 17.1. The maximum atomic E-state index is 11.4. The van der Waals surface area contributed by atoms with E-state index in [-0.39, 0.29) is 11.2 Å². The van der Waals surface area contributed by atoms with E-state index in [0.29, 0.717) is 19.4 Å². The Morgan fingerprint density at radius 2 is 1.52 bits per heavy atom. The fourth-order valence-electron chi connectivity index (χ4n) is 9.20. The van der Waals surface area contributed by atoms with Gasteiger partial charge in [-0.15, -0.1) is 4.33 Å². The topological polar surface area (TPSA) is 110 Å². The predicted octanol–water partition coefficient (Wildman–Crippen LogP) is 11.7. The molecule has 3 aromatic heterocycles. The van der Waals surface area contributed by atoms with Crippen LogP contribution in [0.5, 0.6) is 0 Å². The molecule has 4 heterocycles. The van der Waals surface area contributed by atoms with E-state index in [9.17, 15) is 13.0 Å². The largest absolute Gasteiger partial charge is 0.340 e. The van der Waals surface area contributed by atoms with Gasteiger partial charge in [0.05, 0.1) is 27.5 Å². The second kappa shape index (κ2) is 16.6. The number of hydrogen-bond acceptors (Lipinski definition) is 9. The van der Waals surface area contributed by atoms with Crippen LogP contribution in [0, 0.1) is 5.41 Å². The van der Waals surface area contributed by atoms with Crippen molar-refractivity contribution in [1.29, 1.82) is 0 Å². The van der Waals surface area contributed by atoms with E-state index in [1.807, 2.05) is 17.4 Å². The number of fused-ring (bicyclic) bond motifs is 8. The first-order chi connectivity index (χ1) is 28.9. The average Bonchev–Trinajstić information content (AvgIpc) is 3.89. The number of aryl methyl sites for hydroxylation is 3. The first kappa shape index (κ1) is 41.2. The number of nitrogens with zero attached hydrogens (tertiary/aromatic N) is 4. The molecule has 7 aromatic rings. The van der Waals surface area contributed by atoms with Crippen LogP contribution >= 0.6 is 35.1 Å². The highest BCUT2D eigenvalue weighted by atomic mass is 32.2. The summed E-state index contributed by atoms with van der Waals surface area (Å²) in [6, 6.07) is 26.4. The maximum absolute atomic E-state index is 11.4. The SMILES string of the molecule is CN1C(=CC2=CC(=Cc3sc4cc5c(cc4[n+]3C)c3ccccc3n5CCCCSOOO)CC(C)(C)C2)Sc2cc3c(cc21)c1ccccc1n3CCCCS(=O)(=O)O. The van der Waals surface area contributed by atoms with E-state index in [4.69, 9.17) is 5.26 Å². The van der Waals surface area contributed by atoms with Gasteiger partial charge >= 0.3 is 0 Å². The summed E-state index contributed by atoms with van der Waals surface area (Å²) in [5.41, 5.74) is 9.93. The second-order valence-electron chi connectivity index (χ2n) is 16.8. The molecule has 60 heavy (non-hydrogen) atoms. The van der Waals surface area contributed by atoms with Crippen LogP contribution in [-0.4, -0.2) is 45.9 Å². The summed E-state index contributed by atoms with van der Waals surface area (Å²) in [5, 5.41) is 19.5. The summed E-state index contributed by atoms with van der Waals surface area (Å²) < 4.78 is 44.9. The molecule has 14 heteroatoms. The molecule has 0 radical (unpaired) electrons. The number of unbranched alkanes of at least 4 members (excludes halogenated alkanes) is 2. The lowest BCUT2D eigenvalue weighted by atomic mass is 9.75. The lowest BCUT2D eigenvalue weighted by Crippen LogP contribution is -2.29. The number of para-hydroxylation sites is 2. The Kier molecular flexibility index (Phi) is 11.4. The average molecular weight is 882 g/mol. The van der Waals surface area contributed by atoms with Gasteiger partial charge in [-0.1, -0.05) is 84.5 Å². The third-order valence-electron chi connectivity index (χ3n) is 11.8. The summed E-state index contributed by atoms with van der Waals surface area (Å²) in [6.07, 6.45) is 12.1. The van der Waals surface area contributed by atoms with Crippen LogP contribution in [-0.2, 0) is 39.6 Å². The first-order valence-electron chi connectivity index (χ1n) is 20.4. The van der Waals surface area contributed by atoms with Crippen molar-refractivity contribution in [2.75, 3.05) is 23.5 Å². The molecule has 0 atom stereocenters. The number of thiazole rings is 1. The molecule has 0 spiro atoms. The number of allylic oxidation sites excluding steroid dienone is 4. The van der Waals surface area contributed by atoms with Crippen molar-refractivity contribution in [3.05, 3.63) is 106 Å². The maximum Gasteiger partial charge on any atom is 0.264 e. The molecule has 0 saturated carbocycles. The number of aromatic nitrogens is 3. The van der Waals surface area contributed by atoms with Gasteiger partial charge in [-0.2, -0.15) is 13.0 Å². The summed E-state index contributed by atoms with van der Waals surface area (Å²) >= 11 is 4.76.